The van der Waals surface area contributed by atoms with Gasteiger partial charge in [0.25, 0.3) is 0 Å². The molecule has 7 heteroatoms. The highest BCUT2D eigenvalue weighted by Gasteiger charge is 2.60. The predicted octanol–water partition coefficient (Wildman–Crippen LogP) is 2.35. The van der Waals surface area contributed by atoms with Gasteiger partial charge in [0.15, 0.2) is 11.4 Å². The summed E-state index contributed by atoms with van der Waals surface area (Å²) in [6.45, 7) is 0. The molecule has 28 heavy (non-hydrogen) atoms. The van der Waals surface area contributed by atoms with Crippen molar-refractivity contribution in [3.8, 4) is 0 Å². The number of methoxy groups -OCH3 is 1. The Morgan fingerprint density at radius 3 is 2.46 bits per heavy atom. The summed E-state index contributed by atoms with van der Waals surface area (Å²) in [5.41, 5.74) is -1.38. The van der Waals surface area contributed by atoms with Crippen LogP contribution < -0.4 is 0 Å². The van der Waals surface area contributed by atoms with Crippen LogP contribution in [0.15, 0.2) is 30.3 Å². The van der Waals surface area contributed by atoms with Gasteiger partial charge in [-0.05, 0) is 25.0 Å². The second kappa shape index (κ2) is 7.46. The molecule has 2 aliphatic carbocycles. The Morgan fingerprint density at radius 1 is 1.07 bits per heavy atom. The van der Waals surface area contributed by atoms with Gasteiger partial charge in [0, 0.05) is 25.7 Å². The van der Waals surface area contributed by atoms with E-state index in [2.05, 4.69) is 0 Å². The lowest BCUT2D eigenvalue weighted by Crippen LogP contribution is -2.56. The van der Waals surface area contributed by atoms with E-state index >= 15 is 0 Å². The Balaban J connectivity index is 1.58. The third-order valence-corrected chi connectivity index (χ3v) is 5.98. The Bertz CT molecular complexity index is 728. The van der Waals surface area contributed by atoms with Crippen molar-refractivity contribution < 1.29 is 33.6 Å². The van der Waals surface area contributed by atoms with Gasteiger partial charge < -0.3 is 24.1 Å². The summed E-state index contributed by atoms with van der Waals surface area (Å²) < 4.78 is 23.0. The van der Waals surface area contributed by atoms with Gasteiger partial charge in [0.2, 0.25) is 0 Å². The molecule has 7 nitrogen and oxygen atoms in total. The first kappa shape index (κ1) is 19.4. The maximum Gasteiger partial charge on any atom is 0.338 e. The number of hydrogen-bond donors (Lipinski definition) is 1. The van der Waals surface area contributed by atoms with Crippen molar-refractivity contribution >= 4 is 11.9 Å². The molecule has 0 bridgehead atoms. The molecule has 1 N–H and O–H groups in total. The van der Waals surface area contributed by atoms with Gasteiger partial charge in [0.1, 0.15) is 12.2 Å². The van der Waals surface area contributed by atoms with Crippen molar-refractivity contribution in [2.75, 3.05) is 7.11 Å². The van der Waals surface area contributed by atoms with Crippen molar-refractivity contribution in [1.82, 2.24) is 0 Å². The zero-order valence-electron chi connectivity index (χ0n) is 16.0. The molecular formula is C21H26O7. The lowest BCUT2D eigenvalue weighted by Gasteiger charge is -2.39. The third kappa shape index (κ3) is 3.54. The zero-order valence-corrected chi connectivity index (χ0v) is 16.0. The summed E-state index contributed by atoms with van der Waals surface area (Å²) in [5.74, 6) is -1.99. The van der Waals surface area contributed by atoms with Gasteiger partial charge in [0.05, 0.1) is 18.8 Å². The minimum absolute atomic E-state index is 0.0610. The first-order valence-corrected chi connectivity index (χ1v) is 9.87. The Morgan fingerprint density at radius 2 is 1.79 bits per heavy atom. The molecular weight excluding hydrogens is 364 g/mol. The molecule has 3 aliphatic rings. The highest BCUT2D eigenvalue weighted by molar-refractivity contribution is 5.89. The van der Waals surface area contributed by atoms with Crippen LogP contribution >= 0.6 is 0 Å². The normalized spacial score (nSPS) is 33.9. The molecule has 152 valence electrons. The number of carbonyl (C=O) groups is 2. The van der Waals surface area contributed by atoms with Gasteiger partial charge >= 0.3 is 11.9 Å². The van der Waals surface area contributed by atoms with E-state index in [9.17, 15) is 14.7 Å². The fourth-order valence-electron chi connectivity index (χ4n) is 4.60. The van der Waals surface area contributed by atoms with Crippen molar-refractivity contribution in [3.63, 3.8) is 0 Å². The number of carbonyl (C=O) groups excluding carboxylic acids is 2. The summed E-state index contributed by atoms with van der Waals surface area (Å²) in [6.07, 6.45) is 2.75. The molecule has 1 saturated heterocycles. The molecule has 1 heterocycles. The van der Waals surface area contributed by atoms with Crippen LogP contribution in [0.5, 0.6) is 0 Å². The van der Waals surface area contributed by atoms with E-state index in [1.165, 1.54) is 7.11 Å². The van der Waals surface area contributed by atoms with Crippen LogP contribution in [0.2, 0.25) is 0 Å². The Labute approximate surface area is 163 Å². The molecule has 3 fully saturated rings. The van der Waals surface area contributed by atoms with Gasteiger partial charge in [-0.2, -0.15) is 0 Å². The van der Waals surface area contributed by atoms with Crippen LogP contribution in [0.4, 0.5) is 0 Å². The number of rotatable bonds is 3. The minimum atomic E-state index is -1.78. The summed E-state index contributed by atoms with van der Waals surface area (Å²) in [4.78, 5) is 24.8. The van der Waals surface area contributed by atoms with Gasteiger partial charge in [-0.3, -0.25) is 0 Å². The molecule has 0 unspecified atom stereocenters. The SMILES string of the molecule is COC(=O)[C@@]1(O)C[C@@H](OC(=O)c2ccccc2)[C@@H]2OC3(CCCCC3)O[C@@H]2C1. The highest BCUT2D eigenvalue weighted by Crippen LogP contribution is 2.47. The van der Waals surface area contributed by atoms with E-state index in [1.807, 2.05) is 6.07 Å². The molecule has 4 atom stereocenters. The van der Waals surface area contributed by atoms with Crippen molar-refractivity contribution in [3.05, 3.63) is 35.9 Å². The van der Waals surface area contributed by atoms with Crippen LogP contribution in [0.1, 0.15) is 55.3 Å². The molecule has 0 aromatic heterocycles. The predicted molar refractivity (Wildman–Crippen MR) is 97.4 cm³/mol. The summed E-state index contributed by atoms with van der Waals surface area (Å²) in [7, 11) is 1.23. The molecule has 1 spiro atoms. The van der Waals surface area contributed by atoms with Crippen LogP contribution in [0, 0.1) is 0 Å². The Hall–Kier alpha value is -1.96. The van der Waals surface area contributed by atoms with Crippen LogP contribution in [-0.4, -0.2) is 53.9 Å². The Kier molecular flexibility index (Phi) is 5.16. The molecule has 2 saturated carbocycles. The first-order valence-electron chi connectivity index (χ1n) is 9.87. The van der Waals surface area contributed by atoms with Gasteiger partial charge in [-0.1, -0.05) is 24.6 Å². The average Bonchev–Trinajstić information content (AvgIpc) is 3.05. The van der Waals surface area contributed by atoms with Crippen LogP contribution in [0.3, 0.4) is 0 Å². The number of fused-ring (bicyclic) bond motifs is 1. The first-order chi connectivity index (χ1) is 13.4. The summed E-state index contributed by atoms with van der Waals surface area (Å²) >= 11 is 0. The number of esters is 2. The molecule has 1 aliphatic heterocycles. The summed E-state index contributed by atoms with van der Waals surface area (Å²) in [5, 5.41) is 10.9. The number of ether oxygens (including phenoxy) is 4. The monoisotopic (exact) mass is 390 g/mol. The van der Waals surface area contributed by atoms with Crippen molar-refractivity contribution in [2.45, 2.75) is 74.6 Å². The van der Waals surface area contributed by atoms with Crippen molar-refractivity contribution in [2.24, 2.45) is 0 Å². The van der Waals surface area contributed by atoms with Crippen LogP contribution in [0.25, 0.3) is 0 Å². The standard InChI is InChI=1S/C21H26O7/c1-25-19(23)20(24)12-15(26-18(22)14-8-4-2-5-9-14)17-16(13-20)27-21(28-17)10-6-3-7-11-21/h2,4-5,8-9,15-17,24H,3,6-7,10-13H2,1H3/t15-,16-,17+,20-/m1/s1. The van der Waals surface area contributed by atoms with E-state index in [1.54, 1.807) is 24.3 Å². The van der Waals surface area contributed by atoms with E-state index in [-0.39, 0.29) is 12.8 Å². The minimum Gasteiger partial charge on any atom is -0.467 e. The zero-order chi connectivity index (χ0) is 19.8. The van der Waals surface area contributed by atoms with Gasteiger partial charge in [-0.15, -0.1) is 0 Å². The number of benzene rings is 1. The summed E-state index contributed by atoms with van der Waals surface area (Å²) in [6, 6.07) is 8.62. The van der Waals surface area contributed by atoms with E-state index in [0.717, 1.165) is 32.1 Å². The molecule has 1 aromatic carbocycles. The maximum atomic E-state index is 12.6. The smallest absolute Gasteiger partial charge is 0.338 e. The fraction of sp³-hybridized carbons (Fsp3) is 0.619. The third-order valence-electron chi connectivity index (χ3n) is 5.98. The molecule has 4 rings (SSSR count). The highest BCUT2D eigenvalue weighted by atomic mass is 16.8. The average molecular weight is 390 g/mol. The maximum absolute atomic E-state index is 12.6. The van der Waals surface area contributed by atoms with E-state index in [0.29, 0.717) is 5.56 Å². The molecule has 1 aromatic rings. The molecule has 0 radical (unpaired) electrons. The van der Waals surface area contributed by atoms with E-state index < -0.39 is 41.6 Å². The van der Waals surface area contributed by atoms with Crippen LogP contribution in [-0.2, 0) is 23.7 Å². The second-order valence-corrected chi connectivity index (χ2v) is 7.95. The lowest BCUT2D eigenvalue weighted by atomic mass is 9.79. The fourth-order valence-corrected chi connectivity index (χ4v) is 4.60. The lowest BCUT2D eigenvalue weighted by molar-refractivity contribution is -0.198. The number of aliphatic hydroxyl groups is 1. The molecule has 0 amide bonds. The van der Waals surface area contributed by atoms with E-state index in [4.69, 9.17) is 18.9 Å². The topological polar surface area (TPSA) is 91.3 Å². The van der Waals surface area contributed by atoms with Gasteiger partial charge in [-0.25, -0.2) is 9.59 Å². The number of hydrogen-bond acceptors (Lipinski definition) is 7. The second-order valence-electron chi connectivity index (χ2n) is 7.95. The largest absolute Gasteiger partial charge is 0.467 e. The van der Waals surface area contributed by atoms with Crippen molar-refractivity contribution in [1.29, 1.82) is 0 Å². The quantitative estimate of drug-likeness (QED) is 0.792.